The van der Waals surface area contributed by atoms with Crippen molar-refractivity contribution >= 4 is 16.7 Å². The van der Waals surface area contributed by atoms with Gasteiger partial charge in [-0.1, -0.05) is 30.3 Å². The molecule has 0 N–H and O–H groups in total. The van der Waals surface area contributed by atoms with Gasteiger partial charge >= 0.3 is 11.2 Å². The Balaban J connectivity index is 1.82. The van der Waals surface area contributed by atoms with Crippen molar-refractivity contribution in [3.63, 3.8) is 0 Å². The van der Waals surface area contributed by atoms with E-state index in [1.54, 1.807) is 6.07 Å². The molecule has 28 heavy (non-hydrogen) atoms. The summed E-state index contributed by atoms with van der Waals surface area (Å²) in [5.41, 5.74) is 0.984. The minimum Gasteiger partial charge on any atom is -0.322 e. The zero-order valence-corrected chi connectivity index (χ0v) is 14.7. The second-order valence-electron chi connectivity index (χ2n) is 6.32. The van der Waals surface area contributed by atoms with E-state index in [-0.39, 0.29) is 6.54 Å². The average Bonchev–Trinajstić information content (AvgIpc) is 3.00. The molecule has 0 fully saturated rings. The van der Waals surface area contributed by atoms with E-state index in [9.17, 15) is 19.3 Å². The molecule has 0 saturated heterocycles. The van der Waals surface area contributed by atoms with Crippen LogP contribution >= 0.6 is 0 Å². The van der Waals surface area contributed by atoms with Gasteiger partial charge in [0.15, 0.2) is 0 Å². The number of hydrogen-bond donors (Lipinski definition) is 0. The molecule has 140 valence electrons. The Labute approximate surface area is 158 Å². The maximum absolute atomic E-state index is 13.7. The highest BCUT2D eigenvalue weighted by Crippen LogP contribution is 2.20. The first kappa shape index (κ1) is 17.6. The van der Waals surface area contributed by atoms with Crippen LogP contribution in [0.5, 0.6) is 0 Å². The quantitative estimate of drug-likeness (QED) is 0.394. The van der Waals surface area contributed by atoms with Crippen molar-refractivity contribution in [2.24, 2.45) is 0 Å². The molecule has 0 aliphatic carbocycles. The third kappa shape index (κ3) is 3.27. The molecule has 0 aliphatic heterocycles. The molecular formula is C20H15FN4O3. The van der Waals surface area contributed by atoms with E-state index in [1.165, 1.54) is 35.0 Å². The number of halogens is 1. The van der Waals surface area contributed by atoms with Gasteiger partial charge in [-0.3, -0.25) is 14.9 Å². The summed E-state index contributed by atoms with van der Waals surface area (Å²) in [6.07, 6.45) is 1.47. The van der Waals surface area contributed by atoms with Gasteiger partial charge in [0.2, 0.25) is 0 Å². The first-order valence-electron chi connectivity index (χ1n) is 8.55. The van der Waals surface area contributed by atoms with Crippen molar-refractivity contribution in [1.82, 2.24) is 14.1 Å². The van der Waals surface area contributed by atoms with Crippen LogP contribution in [0.2, 0.25) is 0 Å². The Kier molecular flexibility index (Phi) is 4.44. The van der Waals surface area contributed by atoms with Gasteiger partial charge in [-0.25, -0.2) is 9.37 Å². The van der Waals surface area contributed by atoms with Crippen molar-refractivity contribution < 1.29 is 9.31 Å². The zero-order chi connectivity index (χ0) is 19.7. The molecular weight excluding hydrogens is 363 g/mol. The fourth-order valence-electron chi connectivity index (χ4n) is 3.16. The largest absolute Gasteiger partial charge is 0.334 e. The van der Waals surface area contributed by atoms with Gasteiger partial charge < -0.3 is 9.13 Å². The molecule has 0 spiro atoms. The van der Waals surface area contributed by atoms with Crippen LogP contribution in [0.15, 0.2) is 71.7 Å². The molecule has 0 unspecified atom stereocenters. The fraction of sp³-hybridized carbons (Fsp3) is 0.100. The molecule has 8 heteroatoms. The summed E-state index contributed by atoms with van der Waals surface area (Å²) in [4.78, 5) is 27.2. The number of benzene rings is 2. The lowest BCUT2D eigenvalue weighted by molar-refractivity contribution is -0.386. The number of fused-ring (bicyclic) bond motifs is 1. The third-order valence-corrected chi connectivity index (χ3v) is 4.48. The van der Waals surface area contributed by atoms with Crippen molar-refractivity contribution in [1.29, 1.82) is 0 Å². The molecule has 2 heterocycles. The molecule has 0 saturated carbocycles. The molecule has 2 aromatic carbocycles. The standard InChI is InChI=1S/C20H15FN4O3/c21-15-8-9-17-16(11-15)22-19(24(17)12-14-5-2-1-3-6-14)13-23-10-4-7-18(20(23)26)25(27)28/h1-11H,12-13H2. The molecule has 4 rings (SSSR count). The Morgan fingerprint density at radius 2 is 1.82 bits per heavy atom. The smallest absolute Gasteiger partial charge is 0.322 e. The van der Waals surface area contributed by atoms with Crippen molar-refractivity contribution in [2.75, 3.05) is 0 Å². The van der Waals surface area contributed by atoms with Crippen LogP contribution in [0.1, 0.15) is 11.4 Å². The SMILES string of the molecule is O=c1c([N+](=O)[O-])cccn1Cc1nc2cc(F)ccc2n1Cc1ccccc1. The van der Waals surface area contributed by atoms with E-state index >= 15 is 0 Å². The molecule has 0 aliphatic rings. The van der Waals surface area contributed by atoms with Gasteiger partial charge in [-0.2, -0.15) is 0 Å². The predicted octanol–water partition coefficient (Wildman–Crippen LogP) is 3.34. The van der Waals surface area contributed by atoms with Gasteiger partial charge in [0.05, 0.1) is 22.5 Å². The monoisotopic (exact) mass is 378 g/mol. The summed E-state index contributed by atoms with van der Waals surface area (Å²) in [7, 11) is 0. The molecule has 7 nitrogen and oxygen atoms in total. The lowest BCUT2D eigenvalue weighted by Crippen LogP contribution is -2.23. The number of hydrogen-bond acceptors (Lipinski definition) is 4. The van der Waals surface area contributed by atoms with Crippen molar-refractivity contribution in [3.05, 3.63) is 105 Å². The van der Waals surface area contributed by atoms with Crippen LogP contribution in [-0.4, -0.2) is 19.0 Å². The summed E-state index contributed by atoms with van der Waals surface area (Å²) in [5, 5.41) is 11.0. The topological polar surface area (TPSA) is 83.0 Å². The molecule has 4 aromatic rings. The van der Waals surface area contributed by atoms with E-state index in [1.807, 2.05) is 34.9 Å². The van der Waals surface area contributed by atoms with Crippen LogP contribution in [0, 0.1) is 15.9 Å². The Morgan fingerprint density at radius 3 is 2.57 bits per heavy atom. The van der Waals surface area contributed by atoms with E-state index in [4.69, 9.17) is 0 Å². The highest BCUT2D eigenvalue weighted by atomic mass is 19.1. The molecule has 0 bridgehead atoms. The summed E-state index contributed by atoms with van der Waals surface area (Å²) in [6.45, 7) is 0.506. The van der Waals surface area contributed by atoms with E-state index < -0.39 is 22.0 Å². The number of imidazole rings is 1. The summed E-state index contributed by atoms with van der Waals surface area (Å²) < 4.78 is 16.8. The predicted molar refractivity (Wildman–Crippen MR) is 102 cm³/mol. The van der Waals surface area contributed by atoms with E-state index in [2.05, 4.69) is 4.98 Å². The van der Waals surface area contributed by atoms with Gasteiger partial charge in [-0.15, -0.1) is 0 Å². The summed E-state index contributed by atoms with van der Waals surface area (Å²) >= 11 is 0. The normalized spacial score (nSPS) is 11.0. The van der Waals surface area contributed by atoms with Gasteiger partial charge in [0.25, 0.3) is 0 Å². The Hall–Kier alpha value is -3.81. The maximum Gasteiger partial charge on any atom is 0.334 e. The van der Waals surface area contributed by atoms with Crippen LogP contribution in [-0.2, 0) is 13.1 Å². The van der Waals surface area contributed by atoms with Gasteiger partial charge in [0, 0.05) is 24.9 Å². The number of pyridine rings is 1. The lowest BCUT2D eigenvalue weighted by atomic mass is 10.2. The number of aromatic nitrogens is 3. The first-order chi connectivity index (χ1) is 13.5. The highest BCUT2D eigenvalue weighted by molar-refractivity contribution is 5.76. The Morgan fingerprint density at radius 1 is 1.04 bits per heavy atom. The Bertz CT molecular complexity index is 1230. The minimum absolute atomic E-state index is 0.0314. The second kappa shape index (κ2) is 7.07. The van der Waals surface area contributed by atoms with Gasteiger partial charge in [0.1, 0.15) is 11.6 Å². The molecule has 0 atom stereocenters. The van der Waals surface area contributed by atoms with Crippen LogP contribution in [0.25, 0.3) is 11.0 Å². The summed E-state index contributed by atoms with van der Waals surface area (Å²) in [6, 6.07) is 16.6. The fourth-order valence-corrected chi connectivity index (χ4v) is 3.16. The van der Waals surface area contributed by atoms with Crippen LogP contribution < -0.4 is 5.56 Å². The van der Waals surface area contributed by atoms with Crippen molar-refractivity contribution in [2.45, 2.75) is 13.1 Å². The van der Waals surface area contributed by atoms with Crippen LogP contribution in [0.4, 0.5) is 10.1 Å². The third-order valence-electron chi connectivity index (χ3n) is 4.48. The first-order valence-corrected chi connectivity index (χ1v) is 8.55. The second-order valence-corrected chi connectivity index (χ2v) is 6.32. The van der Waals surface area contributed by atoms with E-state index in [0.717, 1.165) is 11.1 Å². The minimum atomic E-state index is -0.711. The number of rotatable bonds is 5. The highest BCUT2D eigenvalue weighted by Gasteiger charge is 2.17. The summed E-state index contributed by atoms with van der Waals surface area (Å²) in [5.74, 6) is 0.1000. The molecule has 0 radical (unpaired) electrons. The zero-order valence-electron chi connectivity index (χ0n) is 14.7. The van der Waals surface area contributed by atoms with Crippen molar-refractivity contribution in [3.8, 4) is 0 Å². The maximum atomic E-state index is 13.7. The van der Waals surface area contributed by atoms with E-state index in [0.29, 0.717) is 17.9 Å². The lowest BCUT2D eigenvalue weighted by Gasteiger charge is -2.11. The van der Waals surface area contributed by atoms with Crippen LogP contribution in [0.3, 0.4) is 0 Å². The molecule has 2 aromatic heterocycles. The van der Waals surface area contributed by atoms with Gasteiger partial charge in [-0.05, 0) is 23.8 Å². The number of nitrogens with zero attached hydrogens (tertiary/aromatic N) is 4. The number of nitro groups is 1. The average molecular weight is 378 g/mol. The molecule has 0 amide bonds.